The van der Waals surface area contributed by atoms with E-state index in [0.29, 0.717) is 31.7 Å². The monoisotopic (exact) mass is 543 g/mol. The van der Waals surface area contributed by atoms with E-state index in [4.69, 9.17) is 5.73 Å². The average molecular weight is 544 g/mol. The van der Waals surface area contributed by atoms with E-state index in [9.17, 15) is 9.18 Å². The molecule has 3 aromatic carbocycles. The second kappa shape index (κ2) is 12.5. The van der Waals surface area contributed by atoms with Crippen LogP contribution in [0.2, 0.25) is 0 Å². The van der Waals surface area contributed by atoms with E-state index >= 15 is 0 Å². The van der Waals surface area contributed by atoms with Gasteiger partial charge in [-0.2, -0.15) is 11.8 Å². The first kappa shape index (κ1) is 27.0. The van der Waals surface area contributed by atoms with Crippen molar-refractivity contribution < 1.29 is 9.18 Å². The molecular weight excluding hydrogens is 509 g/mol. The number of hydrogen-bond donors (Lipinski definition) is 1. The summed E-state index contributed by atoms with van der Waals surface area (Å²) in [5, 5.41) is 0. The molecule has 2 N–H and O–H groups in total. The van der Waals surface area contributed by atoms with Crippen LogP contribution < -0.4 is 10.6 Å². The van der Waals surface area contributed by atoms with E-state index in [1.165, 1.54) is 6.07 Å². The van der Waals surface area contributed by atoms with Gasteiger partial charge in [-0.05, 0) is 66.3 Å². The molecule has 8 heteroatoms. The number of rotatable bonds is 10. The predicted molar refractivity (Wildman–Crippen MR) is 157 cm³/mol. The smallest absolute Gasteiger partial charge is 0.244 e. The summed E-state index contributed by atoms with van der Waals surface area (Å²) in [7, 11) is 0. The quantitative estimate of drug-likeness (QED) is 0.277. The molecule has 4 aromatic rings. The highest BCUT2D eigenvalue weighted by Crippen LogP contribution is 2.30. The Hall–Kier alpha value is -3.62. The summed E-state index contributed by atoms with van der Waals surface area (Å²) in [5.74, 6) is 0.802. The second-order valence-electron chi connectivity index (χ2n) is 9.95. The van der Waals surface area contributed by atoms with Gasteiger partial charge in [-0.1, -0.05) is 48.5 Å². The minimum Gasteiger partial charge on any atom is -0.399 e. The number of para-hydroxylation sites is 2. The summed E-state index contributed by atoms with van der Waals surface area (Å²) in [5.41, 5.74) is 10.8. The van der Waals surface area contributed by atoms with Gasteiger partial charge in [-0.3, -0.25) is 9.69 Å². The number of nitrogens with zero attached hydrogens (tertiary/aromatic N) is 4. The predicted octanol–water partition coefficient (Wildman–Crippen LogP) is 5.23. The van der Waals surface area contributed by atoms with Crippen molar-refractivity contribution in [3.8, 4) is 0 Å². The minimum absolute atomic E-state index is 0.0704. The van der Waals surface area contributed by atoms with E-state index in [1.807, 2.05) is 88.1 Å². The van der Waals surface area contributed by atoms with Crippen molar-refractivity contribution in [2.45, 2.75) is 38.0 Å². The fraction of sp³-hybridized carbons (Fsp3) is 0.290. The maximum absolute atomic E-state index is 14.2. The lowest BCUT2D eigenvalue weighted by molar-refractivity contribution is -0.128. The van der Waals surface area contributed by atoms with Crippen LogP contribution in [0.5, 0.6) is 0 Å². The number of nitrogens with two attached hydrogens (primary N) is 1. The molecule has 0 aliphatic carbocycles. The number of anilines is 2. The summed E-state index contributed by atoms with van der Waals surface area (Å²) >= 11 is 1.81. The largest absolute Gasteiger partial charge is 0.399 e. The number of nitrogen functional groups attached to an aromatic ring is 1. The summed E-state index contributed by atoms with van der Waals surface area (Å²) in [6.45, 7) is 1.68. The number of imidazole rings is 1. The Balaban J connectivity index is 1.50. The number of halogens is 1. The van der Waals surface area contributed by atoms with E-state index in [0.717, 1.165) is 34.7 Å². The van der Waals surface area contributed by atoms with Crippen molar-refractivity contribution >= 4 is 29.0 Å². The summed E-state index contributed by atoms with van der Waals surface area (Å²) in [6.07, 6.45) is 7.21. The minimum atomic E-state index is -0.395. The Morgan fingerprint density at radius 2 is 1.82 bits per heavy atom. The van der Waals surface area contributed by atoms with Crippen LogP contribution in [0.25, 0.3) is 0 Å². The maximum Gasteiger partial charge on any atom is 0.244 e. The molecule has 0 bridgehead atoms. The Bertz CT molecular complexity index is 1390. The lowest BCUT2D eigenvalue weighted by atomic mass is 9.95. The highest BCUT2D eigenvalue weighted by molar-refractivity contribution is 7.98. The fourth-order valence-electron chi connectivity index (χ4n) is 5.35. The molecule has 2 atom stereocenters. The van der Waals surface area contributed by atoms with Gasteiger partial charge in [0.2, 0.25) is 5.91 Å². The van der Waals surface area contributed by atoms with Crippen LogP contribution in [0, 0.1) is 5.82 Å². The first-order valence-electron chi connectivity index (χ1n) is 13.2. The molecule has 1 aliphatic rings. The van der Waals surface area contributed by atoms with Gasteiger partial charge in [0.15, 0.2) is 0 Å². The molecule has 1 aromatic heterocycles. The van der Waals surface area contributed by atoms with Crippen molar-refractivity contribution in [2.75, 3.05) is 29.2 Å². The molecule has 0 spiro atoms. The Labute approximate surface area is 233 Å². The average Bonchev–Trinajstić information content (AvgIpc) is 3.38. The third-order valence-corrected chi connectivity index (χ3v) is 8.03. The van der Waals surface area contributed by atoms with Crippen LogP contribution in [-0.2, 0) is 24.3 Å². The number of hydrogen-bond acceptors (Lipinski definition) is 5. The third-order valence-electron chi connectivity index (χ3n) is 7.39. The highest BCUT2D eigenvalue weighted by atomic mass is 32.2. The zero-order valence-electron chi connectivity index (χ0n) is 22.1. The van der Waals surface area contributed by atoms with Gasteiger partial charge < -0.3 is 15.2 Å². The van der Waals surface area contributed by atoms with Crippen LogP contribution in [-0.4, -0.2) is 51.0 Å². The van der Waals surface area contributed by atoms with Gasteiger partial charge >= 0.3 is 0 Å². The molecule has 1 aliphatic heterocycles. The van der Waals surface area contributed by atoms with E-state index < -0.39 is 6.04 Å². The molecule has 6 nitrogen and oxygen atoms in total. The van der Waals surface area contributed by atoms with Crippen LogP contribution >= 0.6 is 11.8 Å². The Kier molecular flexibility index (Phi) is 8.64. The van der Waals surface area contributed by atoms with Gasteiger partial charge in [-0.15, -0.1) is 0 Å². The maximum atomic E-state index is 14.2. The zero-order chi connectivity index (χ0) is 27.2. The molecule has 2 unspecified atom stereocenters. The van der Waals surface area contributed by atoms with E-state index in [-0.39, 0.29) is 17.8 Å². The number of carbonyl (C=O) groups is 1. The summed E-state index contributed by atoms with van der Waals surface area (Å²) < 4.78 is 15.9. The van der Waals surface area contributed by atoms with Crippen molar-refractivity contribution in [3.05, 3.63) is 114 Å². The standard InChI is InChI=1S/C31H34FN5OS/c1-39-15-14-27-20-37(26-11-3-2-4-12-26)31(38)30(17-24-9-5-6-13-29(24)33)36(27)21-28-18-34-22-35(28)19-23-8-7-10-25(32)16-23/h2-13,16,18,22,27,30H,14-15,17,19-21,33H2,1H3. The molecule has 39 heavy (non-hydrogen) atoms. The topological polar surface area (TPSA) is 67.4 Å². The van der Waals surface area contributed by atoms with Crippen LogP contribution in [0.1, 0.15) is 23.2 Å². The molecule has 5 rings (SSSR count). The Morgan fingerprint density at radius 1 is 1.03 bits per heavy atom. The first-order chi connectivity index (χ1) is 19.0. The molecule has 0 saturated carbocycles. The second-order valence-corrected chi connectivity index (χ2v) is 10.9. The van der Waals surface area contributed by atoms with Gasteiger partial charge in [-0.25, -0.2) is 9.37 Å². The molecule has 1 fully saturated rings. The van der Waals surface area contributed by atoms with Gasteiger partial charge in [0.25, 0.3) is 0 Å². The first-order valence-corrected chi connectivity index (χ1v) is 14.6. The molecule has 202 valence electrons. The van der Waals surface area contributed by atoms with Crippen molar-refractivity contribution in [3.63, 3.8) is 0 Å². The molecule has 0 radical (unpaired) electrons. The van der Waals surface area contributed by atoms with Crippen LogP contribution in [0.3, 0.4) is 0 Å². The van der Waals surface area contributed by atoms with E-state index in [1.54, 1.807) is 18.5 Å². The molecule has 2 heterocycles. The number of benzene rings is 3. The zero-order valence-corrected chi connectivity index (χ0v) is 22.9. The normalized spacial score (nSPS) is 18.0. The van der Waals surface area contributed by atoms with Crippen molar-refractivity contribution in [1.82, 2.24) is 14.5 Å². The fourth-order valence-corrected chi connectivity index (χ4v) is 5.85. The van der Waals surface area contributed by atoms with Gasteiger partial charge in [0, 0.05) is 43.2 Å². The SMILES string of the molecule is CSCCC1CN(c2ccccc2)C(=O)C(Cc2ccccc2N)N1Cc1cncn1Cc1cccc(F)c1. The lowest BCUT2D eigenvalue weighted by Gasteiger charge is -2.46. The van der Waals surface area contributed by atoms with Crippen LogP contribution in [0.15, 0.2) is 91.4 Å². The number of piperazine rings is 1. The van der Waals surface area contributed by atoms with Crippen molar-refractivity contribution in [1.29, 1.82) is 0 Å². The molecular formula is C31H34FN5OS. The number of amides is 1. The molecule has 1 saturated heterocycles. The number of thioether (sulfide) groups is 1. The van der Waals surface area contributed by atoms with Gasteiger partial charge in [0.05, 0.1) is 18.1 Å². The summed E-state index contributed by atoms with van der Waals surface area (Å²) in [4.78, 5) is 22.9. The lowest BCUT2D eigenvalue weighted by Crippen LogP contribution is -2.62. The third kappa shape index (κ3) is 6.34. The number of carbonyl (C=O) groups excluding carboxylic acids is 1. The van der Waals surface area contributed by atoms with E-state index in [2.05, 4.69) is 16.1 Å². The highest BCUT2D eigenvalue weighted by Gasteiger charge is 2.41. The van der Waals surface area contributed by atoms with Crippen LogP contribution in [0.4, 0.5) is 15.8 Å². The molecule has 1 amide bonds. The number of aromatic nitrogens is 2. The summed E-state index contributed by atoms with van der Waals surface area (Å²) in [6, 6.07) is 24.1. The van der Waals surface area contributed by atoms with Crippen molar-refractivity contribution in [2.24, 2.45) is 0 Å². The van der Waals surface area contributed by atoms with Gasteiger partial charge in [0.1, 0.15) is 5.82 Å². The Morgan fingerprint density at radius 3 is 2.59 bits per heavy atom.